The molecule has 16 heavy (non-hydrogen) atoms. The smallest absolute Gasteiger partial charge is 0.304 e. The quantitative estimate of drug-likeness (QED) is 0.818. The molecule has 0 aliphatic carbocycles. The Morgan fingerprint density at radius 1 is 1.62 bits per heavy atom. The lowest BCUT2D eigenvalue weighted by atomic mass is 10.3. The lowest BCUT2D eigenvalue weighted by Gasteiger charge is -2.03. The highest BCUT2D eigenvalue weighted by Crippen LogP contribution is 2.06. The van der Waals surface area contributed by atoms with E-state index in [0.717, 1.165) is 35.7 Å². The molecule has 0 saturated carbocycles. The summed E-state index contributed by atoms with van der Waals surface area (Å²) in [5, 5.41) is 8.75. The van der Waals surface area contributed by atoms with Gasteiger partial charge in [-0.25, -0.2) is 0 Å². The van der Waals surface area contributed by atoms with Crippen molar-refractivity contribution in [3.05, 3.63) is 31.3 Å². The van der Waals surface area contributed by atoms with Crippen LogP contribution in [0.5, 0.6) is 0 Å². The maximum Gasteiger partial charge on any atom is 0.304 e. The fourth-order valence-corrected chi connectivity index (χ4v) is 2.28. The van der Waals surface area contributed by atoms with Gasteiger partial charge in [0.15, 0.2) is 4.77 Å². The van der Waals surface area contributed by atoms with Gasteiger partial charge in [-0.1, -0.05) is 18.3 Å². The minimum Gasteiger partial charge on any atom is -0.315 e. The van der Waals surface area contributed by atoms with Crippen LogP contribution in [-0.2, 0) is 13.0 Å². The fourth-order valence-electron chi connectivity index (χ4n) is 1.49. The Hall–Kier alpha value is -1.21. The zero-order valence-corrected chi connectivity index (χ0v) is 10.5. The summed E-state index contributed by atoms with van der Waals surface area (Å²) in [6.45, 7) is 2.66. The predicted molar refractivity (Wildman–Crippen MR) is 65.4 cm³/mol. The second-order valence-electron chi connectivity index (χ2n) is 3.45. The molecular formula is C9H12N4OS2. The van der Waals surface area contributed by atoms with Crippen molar-refractivity contribution < 1.29 is 0 Å². The highest BCUT2D eigenvalue weighted by Gasteiger charge is 2.06. The molecular weight excluding hydrogens is 244 g/mol. The lowest BCUT2D eigenvalue weighted by Crippen LogP contribution is -2.07. The molecule has 2 aromatic rings. The largest absolute Gasteiger partial charge is 0.315 e. The molecule has 0 unspecified atom stereocenters. The minimum atomic E-state index is -0.0398. The van der Waals surface area contributed by atoms with Crippen LogP contribution in [0.15, 0.2) is 10.2 Å². The molecule has 0 aliphatic heterocycles. The molecule has 0 aromatic carbocycles. The van der Waals surface area contributed by atoms with Crippen LogP contribution >= 0.6 is 23.6 Å². The monoisotopic (exact) mass is 256 g/mol. The van der Waals surface area contributed by atoms with E-state index in [-0.39, 0.29) is 4.87 Å². The van der Waals surface area contributed by atoms with Crippen molar-refractivity contribution in [1.82, 2.24) is 19.7 Å². The van der Waals surface area contributed by atoms with Crippen LogP contribution in [-0.4, -0.2) is 19.7 Å². The number of H-pyrrole nitrogens is 2. The predicted octanol–water partition coefficient (Wildman–Crippen LogP) is 1.69. The highest BCUT2D eigenvalue weighted by molar-refractivity contribution is 7.71. The average molecular weight is 256 g/mol. The Kier molecular flexibility index (Phi) is 3.35. The van der Waals surface area contributed by atoms with Crippen molar-refractivity contribution in [1.29, 1.82) is 0 Å². The van der Waals surface area contributed by atoms with Gasteiger partial charge in [0.05, 0.1) is 6.54 Å². The van der Waals surface area contributed by atoms with Gasteiger partial charge >= 0.3 is 4.87 Å². The Labute approximate surface area is 101 Å². The summed E-state index contributed by atoms with van der Waals surface area (Å²) in [6, 6.07) is 0. The van der Waals surface area contributed by atoms with E-state index in [1.54, 1.807) is 0 Å². The van der Waals surface area contributed by atoms with Gasteiger partial charge in [0, 0.05) is 17.5 Å². The Morgan fingerprint density at radius 2 is 2.44 bits per heavy atom. The van der Waals surface area contributed by atoms with Crippen molar-refractivity contribution in [3.8, 4) is 0 Å². The normalized spacial score (nSPS) is 10.8. The van der Waals surface area contributed by atoms with Gasteiger partial charge in [-0.2, -0.15) is 5.10 Å². The molecule has 0 amide bonds. The molecule has 2 N–H and O–H groups in total. The van der Waals surface area contributed by atoms with Crippen LogP contribution in [0.2, 0.25) is 0 Å². The molecule has 2 rings (SSSR count). The first-order chi connectivity index (χ1) is 7.70. The van der Waals surface area contributed by atoms with Crippen molar-refractivity contribution in [2.75, 3.05) is 0 Å². The van der Waals surface area contributed by atoms with Crippen LogP contribution < -0.4 is 4.87 Å². The Bertz CT molecular complexity index is 577. The van der Waals surface area contributed by atoms with Crippen molar-refractivity contribution in [2.24, 2.45) is 0 Å². The fraction of sp³-hybridized carbons (Fsp3) is 0.444. The SMILES string of the molecule is CCCc1n[nH]c(=S)n1Cc1csc(=O)[nH]1. The molecule has 0 saturated heterocycles. The third kappa shape index (κ3) is 2.30. The number of hydrogen-bond acceptors (Lipinski definition) is 4. The van der Waals surface area contributed by atoms with Crippen LogP contribution in [0.3, 0.4) is 0 Å². The maximum atomic E-state index is 11.0. The van der Waals surface area contributed by atoms with Gasteiger partial charge in [0.2, 0.25) is 0 Å². The number of hydrogen-bond donors (Lipinski definition) is 2. The molecule has 2 heterocycles. The summed E-state index contributed by atoms with van der Waals surface area (Å²) in [6.07, 6.45) is 1.89. The van der Waals surface area contributed by atoms with Crippen LogP contribution in [0.25, 0.3) is 0 Å². The van der Waals surface area contributed by atoms with E-state index in [1.165, 1.54) is 0 Å². The summed E-state index contributed by atoms with van der Waals surface area (Å²) >= 11 is 6.31. The van der Waals surface area contributed by atoms with E-state index in [9.17, 15) is 4.79 Å². The van der Waals surface area contributed by atoms with Crippen molar-refractivity contribution >= 4 is 23.6 Å². The second kappa shape index (κ2) is 4.75. The highest BCUT2D eigenvalue weighted by atomic mass is 32.1. The van der Waals surface area contributed by atoms with Crippen molar-refractivity contribution in [2.45, 2.75) is 26.3 Å². The van der Waals surface area contributed by atoms with Crippen LogP contribution in [0.1, 0.15) is 24.9 Å². The first-order valence-electron chi connectivity index (χ1n) is 5.01. The topological polar surface area (TPSA) is 66.5 Å². The Balaban J connectivity index is 2.29. The van der Waals surface area contributed by atoms with Gasteiger partial charge in [-0.15, -0.1) is 0 Å². The van der Waals surface area contributed by atoms with Gasteiger partial charge in [-0.05, 0) is 18.6 Å². The molecule has 0 bridgehead atoms. The van der Waals surface area contributed by atoms with E-state index in [2.05, 4.69) is 22.1 Å². The van der Waals surface area contributed by atoms with E-state index < -0.39 is 0 Å². The first kappa shape index (κ1) is 11.3. The number of aromatic amines is 2. The molecule has 0 fully saturated rings. The number of rotatable bonds is 4. The number of aryl methyl sites for hydroxylation is 1. The van der Waals surface area contributed by atoms with Gasteiger partial charge in [-0.3, -0.25) is 14.5 Å². The minimum absolute atomic E-state index is 0.0398. The molecule has 0 atom stereocenters. The maximum absolute atomic E-state index is 11.0. The molecule has 2 aromatic heterocycles. The molecule has 0 aliphatic rings. The van der Waals surface area contributed by atoms with E-state index in [1.807, 2.05) is 9.95 Å². The summed E-state index contributed by atoms with van der Waals surface area (Å²) < 4.78 is 2.51. The molecule has 0 spiro atoms. The summed E-state index contributed by atoms with van der Waals surface area (Å²) in [4.78, 5) is 13.7. The molecule has 7 heteroatoms. The zero-order valence-electron chi connectivity index (χ0n) is 8.82. The lowest BCUT2D eigenvalue weighted by molar-refractivity contribution is 0.689. The van der Waals surface area contributed by atoms with Gasteiger partial charge in [0.1, 0.15) is 5.82 Å². The molecule has 5 nitrogen and oxygen atoms in total. The third-order valence-corrected chi connectivity index (χ3v) is 3.24. The summed E-state index contributed by atoms with van der Waals surface area (Å²) in [5.74, 6) is 0.930. The van der Waals surface area contributed by atoms with E-state index in [4.69, 9.17) is 12.2 Å². The van der Waals surface area contributed by atoms with Crippen molar-refractivity contribution in [3.63, 3.8) is 0 Å². The van der Waals surface area contributed by atoms with Gasteiger partial charge in [0.25, 0.3) is 0 Å². The molecule has 86 valence electrons. The number of nitrogens with zero attached hydrogens (tertiary/aromatic N) is 2. The van der Waals surface area contributed by atoms with Crippen LogP contribution in [0.4, 0.5) is 0 Å². The van der Waals surface area contributed by atoms with E-state index >= 15 is 0 Å². The van der Waals surface area contributed by atoms with E-state index in [0.29, 0.717) is 11.3 Å². The third-order valence-electron chi connectivity index (χ3n) is 2.21. The first-order valence-corrected chi connectivity index (χ1v) is 6.30. The average Bonchev–Trinajstić information content (AvgIpc) is 2.79. The second-order valence-corrected chi connectivity index (χ2v) is 4.68. The summed E-state index contributed by atoms with van der Waals surface area (Å²) in [7, 11) is 0. The standard InChI is InChI=1S/C9H12N4OS2/c1-2-3-7-11-12-8(15)13(7)4-6-5-16-9(14)10-6/h5H,2-4H2,1H3,(H,10,14)(H,12,15). The Morgan fingerprint density at radius 3 is 3.06 bits per heavy atom. The van der Waals surface area contributed by atoms with Crippen LogP contribution in [0, 0.1) is 4.77 Å². The number of aromatic nitrogens is 4. The molecule has 0 radical (unpaired) electrons. The number of thiazole rings is 1. The summed E-state index contributed by atoms with van der Waals surface area (Å²) in [5.41, 5.74) is 0.866. The van der Waals surface area contributed by atoms with Gasteiger partial charge < -0.3 is 4.98 Å². The number of nitrogens with one attached hydrogen (secondary N) is 2. The zero-order chi connectivity index (χ0) is 11.5.